The molecule has 0 amide bonds. The number of hydrogen-bond acceptors (Lipinski definition) is 2. The van der Waals surface area contributed by atoms with E-state index in [4.69, 9.17) is 5.11 Å². The summed E-state index contributed by atoms with van der Waals surface area (Å²) in [6, 6.07) is 10.2. The normalized spacial score (nSPS) is 13.6. The van der Waals surface area contributed by atoms with Gasteiger partial charge in [-0.15, -0.1) is 11.3 Å². The number of hydrogen-bond donors (Lipinski definition) is 1. The first-order valence-electron chi connectivity index (χ1n) is 5.70. The van der Waals surface area contributed by atoms with Gasteiger partial charge in [0.25, 0.3) is 0 Å². The molecule has 86 valence electrons. The van der Waals surface area contributed by atoms with Gasteiger partial charge in [-0.25, -0.2) is 4.79 Å². The van der Waals surface area contributed by atoms with Gasteiger partial charge in [-0.2, -0.15) is 0 Å². The monoisotopic (exact) mass is 244 g/mol. The molecule has 0 saturated heterocycles. The van der Waals surface area contributed by atoms with E-state index in [-0.39, 0.29) is 0 Å². The maximum absolute atomic E-state index is 11.0. The molecule has 0 spiro atoms. The number of benzene rings is 1. The molecular formula is C14H12O2S. The van der Waals surface area contributed by atoms with E-state index in [1.165, 1.54) is 28.0 Å². The summed E-state index contributed by atoms with van der Waals surface area (Å²) in [6.45, 7) is 0. The summed E-state index contributed by atoms with van der Waals surface area (Å²) < 4.78 is 0. The zero-order chi connectivity index (χ0) is 11.8. The summed E-state index contributed by atoms with van der Waals surface area (Å²) in [5.41, 5.74) is 3.75. The van der Waals surface area contributed by atoms with Crippen molar-refractivity contribution < 1.29 is 9.90 Å². The van der Waals surface area contributed by atoms with E-state index in [1.54, 1.807) is 0 Å². The Bertz CT molecular complexity index is 584. The fourth-order valence-corrected chi connectivity index (χ4v) is 3.49. The molecule has 1 aliphatic rings. The van der Waals surface area contributed by atoms with Crippen LogP contribution in [0.25, 0.3) is 10.4 Å². The van der Waals surface area contributed by atoms with Crippen molar-refractivity contribution in [2.75, 3.05) is 0 Å². The van der Waals surface area contributed by atoms with Crippen molar-refractivity contribution in [2.24, 2.45) is 0 Å². The van der Waals surface area contributed by atoms with E-state index in [9.17, 15) is 4.79 Å². The summed E-state index contributed by atoms with van der Waals surface area (Å²) in [6.07, 6.45) is 3.16. The van der Waals surface area contributed by atoms with Crippen molar-refractivity contribution in [2.45, 2.75) is 19.3 Å². The number of aromatic carboxylic acids is 1. The highest BCUT2D eigenvalue weighted by molar-refractivity contribution is 7.17. The number of fused-ring (bicyclic) bond motifs is 3. The van der Waals surface area contributed by atoms with Crippen LogP contribution in [0.15, 0.2) is 30.3 Å². The van der Waals surface area contributed by atoms with Gasteiger partial charge in [-0.3, -0.25) is 0 Å². The van der Waals surface area contributed by atoms with Crippen molar-refractivity contribution in [3.8, 4) is 10.4 Å². The van der Waals surface area contributed by atoms with Crippen molar-refractivity contribution >= 4 is 17.3 Å². The van der Waals surface area contributed by atoms with E-state index in [2.05, 4.69) is 18.2 Å². The molecule has 2 nitrogen and oxygen atoms in total. The molecular weight excluding hydrogens is 232 g/mol. The van der Waals surface area contributed by atoms with Crippen LogP contribution in [0.3, 0.4) is 0 Å². The summed E-state index contributed by atoms with van der Waals surface area (Å²) >= 11 is 1.40. The molecule has 0 atom stereocenters. The average Bonchev–Trinajstić information content (AvgIpc) is 2.67. The number of carboxylic acid groups (broad SMARTS) is 1. The molecule has 0 unspecified atom stereocenters. The van der Waals surface area contributed by atoms with Gasteiger partial charge in [0, 0.05) is 4.88 Å². The Labute approximate surface area is 104 Å². The van der Waals surface area contributed by atoms with Gasteiger partial charge < -0.3 is 5.11 Å². The average molecular weight is 244 g/mol. The van der Waals surface area contributed by atoms with Gasteiger partial charge in [0.15, 0.2) is 0 Å². The van der Waals surface area contributed by atoms with E-state index in [0.717, 1.165) is 24.1 Å². The molecule has 0 aliphatic heterocycles. The minimum absolute atomic E-state index is 0.451. The van der Waals surface area contributed by atoms with E-state index < -0.39 is 5.97 Å². The molecule has 1 aromatic heterocycles. The lowest BCUT2D eigenvalue weighted by Gasteiger charge is -2.04. The maximum atomic E-state index is 11.0. The number of thiophene rings is 1. The predicted molar refractivity (Wildman–Crippen MR) is 68.7 cm³/mol. The molecule has 3 heteroatoms. The Hall–Kier alpha value is -1.61. The van der Waals surface area contributed by atoms with E-state index >= 15 is 0 Å². The summed E-state index contributed by atoms with van der Waals surface area (Å²) in [7, 11) is 0. The SMILES string of the molecule is O=C(O)c1cc2c(s1)-c1ccccc1CCC2. The Morgan fingerprint density at radius 2 is 1.94 bits per heavy atom. The smallest absolute Gasteiger partial charge is 0.345 e. The van der Waals surface area contributed by atoms with Gasteiger partial charge in [0.05, 0.1) is 0 Å². The van der Waals surface area contributed by atoms with Crippen LogP contribution in [-0.4, -0.2) is 11.1 Å². The minimum Gasteiger partial charge on any atom is -0.477 e. The molecule has 1 aliphatic carbocycles. The van der Waals surface area contributed by atoms with Crippen LogP contribution >= 0.6 is 11.3 Å². The van der Waals surface area contributed by atoms with Crippen LogP contribution in [0.2, 0.25) is 0 Å². The standard InChI is InChI=1S/C14H12O2S/c15-14(16)12-8-10-6-3-5-9-4-1-2-7-11(9)13(10)17-12/h1-2,4,7-8H,3,5-6H2,(H,15,16). The summed E-state index contributed by atoms with van der Waals surface area (Å²) in [5.74, 6) is -0.819. The highest BCUT2D eigenvalue weighted by atomic mass is 32.1. The Morgan fingerprint density at radius 3 is 2.76 bits per heavy atom. The van der Waals surface area contributed by atoms with Crippen molar-refractivity contribution in [1.82, 2.24) is 0 Å². The first-order valence-corrected chi connectivity index (χ1v) is 6.51. The van der Waals surface area contributed by atoms with Crippen LogP contribution in [0, 0.1) is 0 Å². The largest absolute Gasteiger partial charge is 0.477 e. The third-order valence-electron chi connectivity index (χ3n) is 3.17. The number of rotatable bonds is 1. The third kappa shape index (κ3) is 1.76. The molecule has 2 aromatic rings. The van der Waals surface area contributed by atoms with Crippen molar-refractivity contribution in [3.05, 3.63) is 46.3 Å². The van der Waals surface area contributed by atoms with Gasteiger partial charge in [0.1, 0.15) is 4.88 Å². The first kappa shape index (κ1) is 10.5. The second kappa shape index (κ2) is 4.00. The van der Waals surface area contributed by atoms with E-state index in [0.29, 0.717) is 4.88 Å². The zero-order valence-corrected chi connectivity index (χ0v) is 10.1. The Balaban J connectivity index is 2.21. The van der Waals surface area contributed by atoms with Gasteiger partial charge in [-0.05, 0) is 42.0 Å². The molecule has 0 saturated carbocycles. The lowest BCUT2D eigenvalue weighted by atomic mass is 10.0. The third-order valence-corrected chi connectivity index (χ3v) is 4.37. The molecule has 17 heavy (non-hydrogen) atoms. The lowest BCUT2D eigenvalue weighted by molar-refractivity contribution is 0.0702. The molecule has 0 fully saturated rings. The van der Waals surface area contributed by atoms with Crippen LogP contribution in [0.5, 0.6) is 0 Å². The number of carbonyl (C=O) groups is 1. The summed E-state index contributed by atoms with van der Waals surface area (Å²) in [4.78, 5) is 12.6. The fourth-order valence-electron chi connectivity index (χ4n) is 2.38. The molecule has 1 heterocycles. The quantitative estimate of drug-likeness (QED) is 0.832. The van der Waals surface area contributed by atoms with Gasteiger partial charge in [0.2, 0.25) is 0 Å². The molecule has 0 radical (unpaired) electrons. The van der Waals surface area contributed by atoms with Gasteiger partial charge >= 0.3 is 5.97 Å². The lowest BCUT2D eigenvalue weighted by Crippen LogP contribution is -1.91. The zero-order valence-electron chi connectivity index (χ0n) is 9.27. The van der Waals surface area contributed by atoms with Crippen molar-refractivity contribution in [3.63, 3.8) is 0 Å². The molecule has 1 aromatic carbocycles. The molecule has 1 N–H and O–H groups in total. The fraction of sp³-hybridized carbons (Fsp3) is 0.214. The van der Waals surface area contributed by atoms with Crippen LogP contribution in [0.4, 0.5) is 0 Å². The Morgan fingerprint density at radius 1 is 1.18 bits per heavy atom. The second-order valence-corrected chi connectivity index (χ2v) is 5.33. The van der Waals surface area contributed by atoms with Crippen LogP contribution in [-0.2, 0) is 12.8 Å². The van der Waals surface area contributed by atoms with Crippen LogP contribution in [0.1, 0.15) is 27.2 Å². The first-order chi connectivity index (χ1) is 8.25. The number of carboxylic acids is 1. The highest BCUT2D eigenvalue weighted by Crippen LogP contribution is 2.38. The predicted octanol–water partition coefficient (Wildman–Crippen LogP) is 3.60. The maximum Gasteiger partial charge on any atom is 0.345 e. The molecule has 3 rings (SSSR count). The molecule has 0 bridgehead atoms. The number of aryl methyl sites for hydroxylation is 2. The summed E-state index contributed by atoms with van der Waals surface area (Å²) in [5, 5.41) is 9.06. The Kier molecular flexibility index (Phi) is 2.48. The van der Waals surface area contributed by atoms with E-state index in [1.807, 2.05) is 12.1 Å². The topological polar surface area (TPSA) is 37.3 Å². The van der Waals surface area contributed by atoms with Crippen LogP contribution < -0.4 is 0 Å². The minimum atomic E-state index is -0.819. The highest BCUT2D eigenvalue weighted by Gasteiger charge is 2.19. The second-order valence-electron chi connectivity index (χ2n) is 4.28. The van der Waals surface area contributed by atoms with Gasteiger partial charge in [-0.1, -0.05) is 24.3 Å². The van der Waals surface area contributed by atoms with Crippen molar-refractivity contribution in [1.29, 1.82) is 0 Å².